The van der Waals surface area contributed by atoms with Crippen LogP contribution in [0, 0.1) is 17.0 Å². The van der Waals surface area contributed by atoms with E-state index in [0.29, 0.717) is 23.0 Å². The zero-order valence-electron chi connectivity index (χ0n) is 18.2. The van der Waals surface area contributed by atoms with Crippen LogP contribution < -0.4 is 9.64 Å². The highest BCUT2D eigenvalue weighted by Gasteiger charge is 2.24. The van der Waals surface area contributed by atoms with E-state index in [-0.39, 0.29) is 36.3 Å². The highest BCUT2D eigenvalue weighted by atomic mass is 32.1. The molecule has 0 aliphatic carbocycles. The normalized spacial score (nSPS) is 10.5. The predicted octanol–water partition coefficient (Wildman–Crippen LogP) is 4.19. The summed E-state index contributed by atoms with van der Waals surface area (Å²) in [6, 6.07) is 15.3. The maximum Gasteiger partial charge on any atom is 0.358 e. The molecule has 0 N–H and O–H groups in total. The molecular weight excluding hydrogens is 446 g/mol. The van der Waals surface area contributed by atoms with Crippen molar-refractivity contribution >= 4 is 34.0 Å². The van der Waals surface area contributed by atoms with Crippen LogP contribution in [0.15, 0.2) is 54.6 Å². The average molecular weight is 470 g/mol. The number of anilines is 1. The van der Waals surface area contributed by atoms with E-state index >= 15 is 0 Å². The lowest BCUT2D eigenvalue weighted by Gasteiger charge is -2.20. The van der Waals surface area contributed by atoms with Crippen molar-refractivity contribution in [2.75, 3.05) is 24.7 Å². The molecule has 1 amide bonds. The standard InChI is InChI=1S/C23H23N3O6S/c1-3-31-22(28)21-16(2)33-23(24-21)25(13-12-17-8-5-4-6-9-17)20(27)15-32-19-11-7-10-18(14-19)26(29)30/h4-11,14H,3,12-13,15H2,1-2H3. The Hall–Kier alpha value is -3.79. The summed E-state index contributed by atoms with van der Waals surface area (Å²) in [5.74, 6) is -0.717. The predicted molar refractivity (Wildman–Crippen MR) is 124 cm³/mol. The van der Waals surface area contributed by atoms with Crippen molar-refractivity contribution in [3.63, 3.8) is 0 Å². The van der Waals surface area contributed by atoms with Crippen LogP contribution in [0.4, 0.5) is 10.8 Å². The first-order valence-electron chi connectivity index (χ1n) is 10.2. The lowest BCUT2D eigenvalue weighted by atomic mass is 10.1. The van der Waals surface area contributed by atoms with E-state index in [1.54, 1.807) is 19.9 Å². The Bertz CT molecular complexity index is 1130. The molecule has 0 saturated heterocycles. The van der Waals surface area contributed by atoms with Crippen molar-refractivity contribution in [2.24, 2.45) is 0 Å². The van der Waals surface area contributed by atoms with E-state index in [1.807, 2.05) is 30.3 Å². The van der Waals surface area contributed by atoms with Crippen molar-refractivity contribution in [3.8, 4) is 5.75 Å². The van der Waals surface area contributed by atoms with Crippen molar-refractivity contribution in [1.82, 2.24) is 4.98 Å². The van der Waals surface area contributed by atoms with Gasteiger partial charge in [-0.15, -0.1) is 11.3 Å². The molecule has 0 bridgehead atoms. The first-order valence-corrected chi connectivity index (χ1v) is 11.1. The van der Waals surface area contributed by atoms with Gasteiger partial charge in [-0.2, -0.15) is 0 Å². The Labute approximate surface area is 194 Å². The third kappa shape index (κ3) is 6.36. The topological polar surface area (TPSA) is 112 Å². The van der Waals surface area contributed by atoms with Gasteiger partial charge in [-0.25, -0.2) is 9.78 Å². The Morgan fingerprint density at radius 3 is 2.61 bits per heavy atom. The highest BCUT2D eigenvalue weighted by Crippen LogP contribution is 2.27. The van der Waals surface area contributed by atoms with Gasteiger partial charge in [0.2, 0.25) is 0 Å². The minimum absolute atomic E-state index is 0.129. The molecule has 172 valence electrons. The maximum absolute atomic E-state index is 13.1. The molecule has 0 unspecified atom stereocenters. The largest absolute Gasteiger partial charge is 0.483 e. The zero-order chi connectivity index (χ0) is 23.8. The molecule has 1 aromatic heterocycles. The smallest absolute Gasteiger partial charge is 0.358 e. The molecule has 0 atom stereocenters. The number of benzene rings is 2. The number of amides is 1. The van der Waals surface area contributed by atoms with E-state index in [1.165, 1.54) is 34.4 Å². The van der Waals surface area contributed by atoms with Gasteiger partial charge in [-0.3, -0.25) is 19.8 Å². The SMILES string of the molecule is CCOC(=O)c1nc(N(CCc2ccccc2)C(=O)COc2cccc([N+](=O)[O-])c2)sc1C. The minimum Gasteiger partial charge on any atom is -0.483 e. The lowest BCUT2D eigenvalue weighted by molar-refractivity contribution is -0.384. The van der Waals surface area contributed by atoms with Crippen LogP contribution in [0.25, 0.3) is 0 Å². The Morgan fingerprint density at radius 2 is 1.91 bits per heavy atom. The molecular formula is C23H23N3O6S. The van der Waals surface area contributed by atoms with Gasteiger partial charge >= 0.3 is 5.97 Å². The number of carbonyl (C=O) groups is 2. The van der Waals surface area contributed by atoms with Crippen molar-refractivity contribution in [1.29, 1.82) is 0 Å². The first kappa shape index (κ1) is 23.9. The number of nitrogens with zero attached hydrogens (tertiary/aromatic N) is 3. The van der Waals surface area contributed by atoms with Crippen LogP contribution in [-0.2, 0) is 16.0 Å². The number of ether oxygens (including phenoxy) is 2. The summed E-state index contributed by atoms with van der Waals surface area (Å²) in [4.78, 5) is 42.2. The average Bonchev–Trinajstić information content (AvgIpc) is 3.20. The van der Waals surface area contributed by atoms with Crippen LogP contribution in [-0.4, -0.2) is 41.5 Å². The summed E-state index contributed by atoms with van der Waals surface area (Å²) >= 11 is 1.22. The fraction of sp³-hybridized carbons (Fsp3) is 0.261. The molecule has 0 fully saturated rings. The van der Waals surface area contributed by atoms with Gasteiger partial charge in [0, 0.05) is 17.5 Å². The number of aryl methyl sites for hydroxylation is 1. The Balaban J connectivity index is 1.79. The van der Waals surface area contributed by atoms with Crippen molar-refractivity contribution in [3.05, 3.63) is 80.8 Å². The summed E-state index contributed by atoms with van der Waals surface area (Å²) in [5.41, 5.74) is 1.08. The van der Waals surface area contributed by atoms with E-state index in [4.69, 9.17) is 9.47 Å². The number of carbonyl (C=O) groups excluding carboxylic acids is 2. The number of esters is 1. The molecule has 3 rings (SSSR count). The van der Waals surface area contributed by atoms with Crippen LogP contribution >= 0.6 is 11.3 Å². The molecule has 3 aromatic rings. The van der Waals surface area contributed by atoms with Crippen LogP contribution in [0.2, 0.25) is 0 Å². The van der Waals surface area contributed by atoms with Gasteiger partial charge in [-0.1, -0.05) is 36.4 Å². The molecule has 33 heavy (non-hydrogen) atoms. The van der Waals surface area contributed by atoms with Gasteiger partial charge < -0.3 is 9.47 Å². The number of hydrogen-bond acceptors (Lipinski definition) is 8. The second kappa shape index (κ2) is 11.2. The third-order valence-electron chi connectivity index (χ3n) is 4.64. The van der Waals surface area contributed by atoms with Crippen LogP contribution in [0.5, 0.6) is 5.75 Å². The highest BCUT2D eigenvalue weighted by molar-refractivity contribution is 7.16. The molecule has 0 radical (unpaired) electrons. The Kier molecular flexibility index (Phi) is 8.09. The summed E-state index contributed by atoms with van der Waals surface area (Å²) in [6.45, 7) is 3.65. The summed E-state index contributed by atoms with van der Waals surface area (Å²) in [7, 11) is 0. The van der Waals surface area contributed by atoms with Crippen LogP contribution in [0.1, 0.15) is 27.9 Å². The van der Waals surface area contributed by atoms with Gasteiger partial charge in [0.25, 0.3) is 11.6 Å². The molecule has 0 saturated carbocycles. The number of rotatable bonds is 10. The molecule has 0 aliphatic rings. The molecule has 9 nitrogen and oxygen atoms in total. The van der Waals surface area contributed by atoms with E-state index in [0.717, 1.165) is 5.56 Å². The summed E-state index contributed by atoms with van der Waals surface area (Å²) in [5, 5.41) is 11.3. The monoisotopic (exact) mass is 469 g/mol. The number of thiazole rings is 1. The van der Waals surface area contributed by atoms with E-state index in [2.05, 4.69) is 4.98 Å². The first-order chi connectivity index (χ1) is 15.9. The second-order valence-corrected chi connectivity index (χ2v) is 8.13. The summed E-state index contributed by atoms with van der Waals surface area (Å²) < 4.78 is 10.6. The second-order valence-electron chi connectivity index (χ2n) is 6.95. The lowest BCUT2D eigenvalue weighted by Crippen LogP contribution is -2.36. The van der Waals surface area contributed by atoms with Crippen molar-refractivity contribution in [2.45, 2.75) is 20.3 Å². The van der Waals surface area contributed by atoms with Gasteiger partial charge in [-0.05, 0) is 31.9 Å². The Morgan fingerprint density at radius 1 is 1.15 bits per heavy atom. The van der Waals surface area contributed by atoms with E-state index in [9.17, 15) is 19.7 Å². The number of non-ortho nitro benzene ring substituents is 1. The van der Waals surface area contributed by atoms with E-state index < -0.39 is 10.9 Å². The maximum atomic E-state index is 13.1. The molecule has 0 aliphatic heterocycles. The van der Waals surface area contributed by atoms with Gasteiger partial charge in [0.1, 0.15) is 5.75 Å². The van der Waals surface area contributed by atoms with Gasteiger partial charge in [0.05, 0.1) is 17.6 Å². The van der Waals surface area contributed by atoms with Crippen molar-refractivity contribution < 1.29 is 24.0 Å². The third-order valence-corrected chi connectivity index (χ3v) is 5.64. The summed E-state index contributed by atoms with van der Waals surface area (Å²) in [6.07, 6.45) is 0.566. The number of hydrogen-bond donors (Lipinski definition) is 0. The van der Waals surface area contributed by atoms with Gasteiger partial charge in [0.15, 0.2) is 17.4 Å². The fourth-order valence-corrected chi connectivity index (χ4v) is 3.95. The quantitative estimate of drug-likeness (QED) is 0.249. The van der Waals surface area contributed by atoms with Crippen LogP contribution in [0.3, 0.4) is 0 Å². The molecule has 2 aromatic carbocycles. The minimum atomic E-state index is -0.541. The molecule has 1 heterocycles. The molecule has 0 spiro atoms. The number of aromatic nitrogens is 1. The number of nitro groups is 1. The number of nitro benzene ring substituents is 1. The molecule has 10 heteroatoms. The fourth-order valence-electron chi connectivity index (χ4n) is 3.01. The zero-order valence-corrected chi connectivity index (χ0v) is 19.0.